The van der Waals surface area contributed by atoms with Crippen molar-refractivity contribution >= 4 is 17.5 Å². The van der Waals surface area contributed by atoms with Crippen LogP contribution >= 0.6 is 0 Å². The van der Waals surface area contributed by atoms with E-state index in [1.54, 1.807) is 4.90 Å². The van der Waals surface area contributed by atoms with Crippen molar-refractivity contribution < 1.29 is 40.7 Å². The van der Waals surface area contributed by atoms with E-state index in [0.29, 0.717) is 25.3 Å². The lowest BCUT2D eigenvalue weighted by Crippen LogP contribution is -2.58. The van der Waals surface area contributed by atoms with Gasteiger partial charge in [-0.3, -0.25) is 9.59 Å². The number of halogens is 6. The lowest BCUT2D eigenvalue weighted by atomic mass is 9.84. The maximum atomic E-state index is 13.8. The molecule has 2 aliphatic heterocycles. The third kappa shape index (κ3) is 5.30. The third-order valence-electron chi connectivity index (χ3n) is 7.57. The van der Waals surface area contributed by atoms with Crippen LogP contribution < -0.4 is 4.90 Å². The summed E-state index contributed by atoms with van der Waals surface area (Å²) in [6, 6.07) is 8.43. The summed E-state index contributed by atoms with van der Waals surface area (Å²) in [5.41, 5.74) is -3.04. The van der Waals surface area contributed by atoms with Crippen molar-refractivity contribution in [3.8, 4) is 0 Å². The number of ether oxygens (including phenoxy) is 1. The van der Waals surface area contributed by atoms with Crippen LogP contribution in [0.4, 0.5) is 32.0 Å². The van der Waals surface area contributed by atoms with E-state index in [9.17, 15) is 35.9 Å². The van der Waals surface area contributed by atoms with Crippen molar-refractivity contribution in [3.63, 3.8) is 0 Å². The summed E-state index contributed by atoms with van der Waals surface area (Å²) < 4.78 is 85.2. The fraction of sp³-hybridized carbons (Fsp3) is 0.481. The van der Waals surface area contributed by atoms with Gasteiger partial charge in [0.05, 0.1) is 17.7 Å². The van der Waals surface area contributed by atoms with Crippen LogP contribution in [-0.4, -0.2) is 66.7 Å². The molecule has 0 aromatic heterocycles. The quantitative estimate of drug-likeness (QED) is 0.466. The van der Waals surface area contributed by atoms with Gasteiger partial charge in [-0.15, -0.1) is 0 Å². The monoisotopic (exact) mass is 557 g/mol. The highest BCUT2D eigenvalue weighted by atomic mass is 19.4. The normalized spacial score (nSPS) is 19.8. The highest BCUT2D eigenvalue weighted by Crippen LogP contribution is 2.44. The third-order valence-corrected chi connectivity index (χ3v) is 7.57. The number of para-hydroxylation sites is 1. The van der Waals surface area contributed by atoms with Crippen LogP contribution in [0.15, 0.2) is 42.5 Å². The van der Waals surface area contributed by atoms with E-state index >= 15 is 0 Å². The van der Waals surface area contributed by atoms with Gasteiger partial charge in [-0.1, -0.05) is 18.2 Å². The number of carbonyl (C=O) groups is 2. The second kappa shape index (κ2) is 10.4. The molecular weight excluding hydrogens is 528 g/mol. The molecule has 12 heteroatoms. The first-order chi connectivity index (χ1) is 18.2. The second-order valence-corrected chi connectivity index (χ2v) is 9.90. The number of hydrogen-bond donors (Lipinski definition) is 0. The predicted octanol–water partition coefficient (Wildman–Crippen LogP) is 5.35. The lowest BCUT2D eigenvalue weighted by Gasteiger charge is -2.45. The summed E-state index contributed by atoms with van der Waals surface area (Å²) in [4.78, 5) is 32.0. The van der Waals surface area contributed by atoms with Crippen molar-refractivity contribution in [2.45, 2.75) is 50.7 Å². The number of rotatable bonds is 5. The number of piperidine rings is 1. The molecule has 0 bridgehead atoms. The van der Waals surface area contributed by atoms with Crippen LogP contribution in [-0.2, 0) is 21.9 Å². The molecule has 39 heavy (non-hydrogen) atoms. The van der Waals surface area contributed by atoms with E-state index in [-0.39, 0.29) is 44.1 Å². The largest absolute Gasteiger partial charge is 0.416 e. The molecule has 1 spiro atoms. The molecule has 6 nitrogen and oxygen atoms in total. The summed E-state index contributed by atoms with van der Waals surface area (Å²) in [7, 11) is 1.53. The van der Waals surface area contributed by atoms with Crippen LogP contribution in [0.25, 0.3) is 0 Å². The molecule has 2 saturated heterocycles. The molecule has 2 heterocycles. The SMILES string of the molecule is COCCN1C(=O)C2(CCN(C(=O)c3cc(C(F)(F)F)cc(C(F)(F)F)c3)CC2)N(c2ccccc2C)C1C. The predicted molar refractivity (Wildman–Crippen MR) is 131 cm³/mol. The van der Waals surface area contributed by atoms with Gasteiger partial charge in [-0.2, -0.15) is 26.3 Å². The summed E-state index contributed by atoms with van der Waals surface area (Å²) in [5.74, 6) is -1.10. The van der Waals surface area contributed by atoms with Gasteiger partial charge in [0.15, 0.2) is 0 Å². The minimum atomic E-state index is -5.06. The summed E-state index contributed by atoms with van der Waals surface area (Å²) >= 11 is 0. The van der Waals surface area contributed by atoms with E-state index in [2.05, 4.69) is 0 Å². The Morgan fingerprint density at radius 3 is 2.08 bits per heavy atom. The molecule has 2 aromatic carbocycles. The Morgan fingerprint density at radius 1 is 1.00 bits per heavy atom. The first kappa shape index (κ1) is 28.7. The Balaban J connectivity index is 1.65. The minimum Gasteiger partial charge on any atom is -0.383 e. The van der Waals surface area contributed by atoms with E-state index in [1.165, 1.54) is 12.0 Å². The number of amides is 2. The fourth-order valence-corrected chi connectivity index (χ4v) is 5.58. The van der Waals surface area contributed by atoms with Crippen molar-refractivity contribution in [1.29, 1.82) is 0 Å². The van der Waals surface area contributed by atoms with Crippen molar-refractivity contribution in [2.75, 3.05) is 38.3 Å². The Bertz CT molecular complexity index is 1210. The fourth-order valence-electron chi connectivity index (χ4n) is 5.58. The molecule has 2 aliphatic rings. The molecular formula is C27H29F6N3O3. The molecule has 2 aromatic rings. The zero-order chi connectivity index (χ0) is 28.8. The van der Waals surface area contributed by atoms with E-state index in [0.717, 1.165) is 11.3 Å². The van der Waals surface area contributed by atoms with Gasteiger partial charge < -0.3 is 19.4 Å². The molecule has 1 unspecified atom stereocenters. The van der Waals surface area contributed by atoms with Crippen molar-refractivity contribution in [1.82, 2.24) is 9.80 Å². The lowest BCUT2D eigenvalue weighted by molar-refractivity contribution is -0.143. The van der Waals surface area contributed by atoms with Gasteiger partial charge in [-0.25, -0.2) is 0 Å². The standard InChI is InChI=1S/C27H29F6N3O3/c1-17-6-4-5-7-22(17)36-18(2)35(12-13-39-3)24(38)25(36)8-10-34(11-9-25)23(37)19-14-20(26(28,29)30)16-21(15-19)27(31,32)33/h4-7,14-16,18H,8-13H2,1-3H3. The van der Waals surface area contributed by atoms with Crippen LogP contribution in [0.2, 0.25) is 0 Å². The van der Waals surface area contributed by atoms with Crippen LogP contribution in [0.3, 0.4) is 0 Å². The number of methoxy groups -OCH3 is 1. The summed E-state index contributed by atoms with van der Waals surface area (Å²) in [6.45, 7) is 4.43. The molecule has 0 radical (unpaired) electrons. The zero-order valence-electron chi connectivity index (χ0n) is 21.7. The number of carbonyl (C=O) groups excluding carboxylic acids is 2. The van der Waals surface area contributed by atoms with Crippen molar-refractivity contribution in [3.05, 3.63) is 64.7 Å². The van der Waals surface area contributed by atoms with E-state index in [4.69, 9.17) is 4.74 Å². The van der Waals surface area contributed by atoms with Crippen LogP contribution in [0, 0.1) is 6.92 Å². The molecule has 2 fully saturated rings. The Labute approximate surface area is 222 Å². The van der Waals surface area contributed by atoms with Gasteiger partial charge in [0.25, 0.3) is 5.91 Å². The molecule has 0 aliphatic carbocycles. The molecule has 2 amide bonds. The maximum absolute atomic E-state index is 13.8. The highest BCUT2D eigenvalue weighted by molar-refractivity contribution is 5.97. The first-order valence-corrected chi connectivity index (χ1v) is 12.4. The molecule has 0 saturated carbocycles. The van der Waals surface area contributed by atoms with Gasteiger partial charge in [0.2, 0.25) is 5.91 Å². The Morgan fingerprint density at radius 2 is 1.56 bits per heavy atom. The number of likely N-dealkylation sites (tertiary alicyclic amines) is 1. The van der Waals surface area contributed by atoms with E-state index < -0.39 is 40.5 Å². The molecule has 1 atom stereocenters. The minimum absolute atomic E-state index is 0.00473. The number of benzene rings is 2. The first-order valence-electron chi connectivity index (χ1n) is 12.4. The number of alkyl halides is 6. The summed E-state index contributed by atoms with van der Waals surface area (Å²) in [6.07, 6.45) is -10.1. The highest BCUT2D eigenvalue weighted by Gasteiger charge is 2.57. The Kier molecular flexibility index (Phi) is 7.63. The molecule has 4 rings (SSSR count). The summed E-state index contributed by atoms with van der Waals surface area (Å²) in [5, 5.41) is 0. The average Bonchev–Trinajstić information content (AvgIpc) is 3.07. The molecule has 212 valence electrons. The Hall–Kier alpha value is -3.28. The second-order valence-electron chi connectivity index (χ2n) is 9.90. The van der Waals surface area contributed by atoms with Gasteiger partial charge in [-0.05, 0) is 56.5 Å². The van der Waals surface area contributed by atoms with Crippen LogP contribution in [0.5, 0.6) is 0 Å². The number of hydrogen-bond acceptors (Lipinski definition) is 4. The van der Waals surface area contributed by atoms with Crippen molar-refractivity contribution in [2.24, 2.45) is 0 Å². The van der Waals surface area contributed by atoms with Gasteiger partial charge in [0, 0.05) is 38.0 Å². The van der Waals surface area contributed by atoms with Crippen LogP contribution in [0.1, 0.15) is 46.8 Å². The number of aryl methyl sites for hydroxylation is 1. The zero-order valence-corrected chi connectivity index (χ0v) is 21.7. The number of nitrogens with zero attached hydrogens (tertiary/aromatic N) is 3. The topological polar surface area (TPSA) is 53.1 Å². The van der Waals surface area contributed by atoms with Gasteiger partial charge >= 0.3 is 12.4 Å². The number of anilines is 1. The maximum Gasteiger partial charge on any atom is 0.416 e. The molecule has 0 N–H and O–H groups in total. The van der Waals surface area contributed by atoms with Gasteiger partial charge in [0.1, 0.15) is 11.7 Å². The van der Waals surface area contributed by atoms with E-state index in [1.807, 2.05) is 43.0 Å². The average molecular weight is 558 g/mol. The smallest absolute Gasteiger partial charge is 0.383 e.